The maximum atomic E-state index is 12.8. The molecule has 0 radical (unpaired) electrons. The van der Waals surface area contributed by atoms with Gasteiger partial charge < -0.3 is 19.5 Å². The van der Waals surface area contributed by atoms with Gasteiger partial charge in [0.25, 0.3) is 0 Å². The summed E-state index contributed by atoms with van der Waals surface area (Å²) in [7, 11) is 1.44. The van der Waals surface area contributed by atoms with Crippen molar-refractivity contribution in [3.8, 4) is 11.5 Å². The lowest BCUT2D eigenvalue weighted by Gasteiger charge is -2.32. The standard InChI is InChI=1S/C21H29NO6S/c1-5-6-9-28-17-10-15-11-22(20(24)13(2)12-29-14(3)23)8-7-16(15)18(21(25)26)19(17)27-4/h10,13H,5-9,11-12H2,1-4H3,(H,25,26). The van der Waals surface area contributed by atoms with E-state index in [1.54, 1.807) is 11.0 Å². The molecule has 8 heteroatoms. The van der Waals surface area contributed by atoms with E-state index in [-0.39, 0.29) is 28.3 Å². The summed E-state index contributed by atoms with van der Waals surface area (Å²) in [6, 6.07) is 1.80. The van der Waals surface area contributed by atoms with Crippen LogP contribution in [0.2, 0.25) is 0 Å². The number of carbonyl (C=O) groups excluding carboxylic acids is 2. The Labute approximate surface area is 175 Å². The number of amides is 1. The molecule has 1 aliphatic heterocycles. The molecule has 0 saturated heterocycles. The summed E-state index contributed by atoms with van der Waals surface area (Å²) in [4.78, 5) is 37.6. The van der Waals surface area contributed by atoms with E-state index in [1.807, 2.05) is 13.8 Å². The van der Waals surface area contributed by atoms with Crippen LogP contribution in [0.1, 0.15) is 55.1 Å². The second kappa shape index (κ2) is 10.5. The number of carbonyl (C=O) groups is 3. The molecule has 7 nitrogen and oxygen atoms in total. The van der Waals surface area contributed by atoms with Gasteiger partial charge in [0.2, 0.25) is 5.91 Å². The molecule has 29 heavy (non-hydrogen) atoms. The summed E-state index contributed by atoms with van der Waals surface area (Å²) >= 11 is 1.14. The predicted octanol–water partition coefficient (Wildman–Crippen LogP) is 3.37. The minimum Gasteiger partial charge on any atom is -0.492 e. The Hall–Kier alpha value is -2.22. The molecule has 0 aromatic heterocycles. The number of hydrogen-bond donors (Lipinski definition) is 1. The summed E-state index contributed by atoms with van der Waals surface area (Å²) in [5, 5.41) is 9.77. The molecule has 0 saturated carbocycles. The number of fused-ring (bicyclic) bond motifs is 1. The highest BCUT2D eigenvalue weighted by atomic mass is 32.2. The molecule has 1 aromatic rings. The molecule has 0 spiro atoms. The van der Waals surface area contributed by atoms with Crippen molar-refractivity contribution in [3.63, 3.8) is 0 Å². The van der Waals surface area contributed by atoms with Gasteiger partial charge >= 0.3 is 5.97 Å². The number of methoxy groups -OCH3 is 1. The van der Waals surface area contributed by atoms with Gasteiger partial charge in [-0.1, -0.05) is 32.0 Å². The van der Waals surface area contributed by atoms with E-state index in [1.165, 1.54) is 14.0 Å². The zero-order valence-corrected chi connectivity index (χ0v) is 18.3. The van der Waals surface area contributed by atoms with Crippen molar-refractivity contribution in [2.24, 2.45) is 5.92 Å². The van der Waals surface area contributed by atoms with Crippen LogP contribution in [-0.4, -0.2) is 53.0 Å². The number of thioether (sulfide) groups is 1. The van der Waals surface area contributed by atoms with E-state index in [0.29, 0.717) is 43.2 Å². The number of nitrogens with zero attached hydrogens (tertiary/aromatic N) is 1. The third kappa shape index (κ3) is 5.65. The molecule has 0 bridgehead atoms. The van der Waals surface area contributed by atoms with Crippen LogP contribution in [0.4, 0.5) is 0 Å². The first-order chi connectivity index (χ1) is 13.8. The molecular formula is C21H29NO6S. The summed E-state index contributed by atoms with van der Waals surface area (Å²) in [5.74, 6) is -0.324. The maximum absolute atomic E-state index is 12.8. The van der Waals surface area contributed by atoms with Crippen LogP contribution in [0.25, 0.3) is 0 Å². The lowest BCUT2D eigenvalue weighted by Crippen LogP contribution is -2.40. The van der Waals surface area contributed by atoms with Gasteiger partial charge in [-0.15, -0.1) is 0 Å². The molecule has 1 aliphatic rings. The number of carboxylic acids is 1. The highest BCUT2D eigenvalue weighted by molar-refractivity contribution is 8.13. The zero-order valence-electron chi connectivity index (χ0n) is 17.4. The highest BCUT2D eigenvalue weighted by Crippen LogP contribution is 2.39. The average molecular weight is 424 g/mol. The van der Waals surface area contributed by atoms with Crippen LogP contribution < -0.4 is 9.47 Å². The van der Waals surface area contributed by atoms with E-state index < -0.39 is 5.97 Å². The fraction of sp³-hybridized carbons (Fsp3) is 0.571. The second-order valence-corrected chi connectivity index (χ2v) is 8.34. The monoisotopic (exact) mass is 423 g/mol. The van der Waals surface area contributed by atoms with Gasteiger partial charge in [0.1, 0.15) is 5.56 Å². The number of rotatable bonds is 9. The topological polar surface area (TPSA) is 93.1 Å². The Kier molecular flexibility index (Phi) is 8.37. The molecule has 160 valence electrons. The van der Waals surface area contributed by atoms with Gasteiger partial charge in [0, 0.05) is 31.7 Å². The smallest absolute Gasteiger partial charge is 0.339 e. The SMILES string of the molecule is CCCCOc1cc2c(c(C(=O)O)c1OC)CCN(C(=O)C(C)CSC(C)=O)C2. The quantitative estimate of drug-likeness (QED) is 0.609. The van der Waals surface area contributed by atoms with Crippen molar-refractivity contribution in [2.45, 2.75) is 46.6 Å². The first-order valence-corrected chi connectivity index (χ1v) is 10.8. The summed E-state index contributed by atoms with van der Waals surface area (Å²) in [5.41, 5.74) is 1.57. The average Bonchev–Trinajstić information content (AvgIpc) is 2.69. The Morgan fingerprint density at radius 2 is 2.07 bits per heavy atom. The zero-order chi connectivity index (χ0) is 21.6. The fourth-order valence-electron chi connectivity index (χ4n) is 3.37. The molecule has 1 atom stereocenters. The normalized spacial score (nSPS) is 14.1. The summed E-state index contributed by atoms with van der Waals surface area (Å²) in [6.45, 7) is 6.56. The molecule has 0 aliphatic carbocycles. The van der Waals surface area contributed by atoms with Gasteiger partial charge in [-0.3, -0.25) is 9.59 Å². The molecule has 1 N–H and O–H groups in total. The fourth-order valence-corrected chi connectivity index (χ4v) is 3.99. The van der Waals surface area contributed by atoms with E-state index in [4.69, 9.17) is 9.47 Å². The highest BCUT2D eigenvalue weighted by Gasteiger charge is 2.31. The van der Waals surface area contributed by atoms with Crippen LogP contribution >= 0.6 is 11.8 Å². The summed E-state index contributed by atoms with van der Waals surface area (Å²) < 4.78 is 11.2. The van der Waals surface area contributed by atoms with Crippen molar-refractivity contribution in [2.75, 3.05) is 26.0 Å². The third-order valence-electron chi connectivity index (χ3n) is 4.88. The van der Waals surface area contributed by atoms with E-state index in [0.717, 1.165) is 30.2 Å². The number of aromatic carboxylic acids is 1. The number of hydrogen-bond acceptors (Lipinski definition) is 6. The van der Waals surface area contributed by atoms with E-state index in [2.05, 4.69) is 0 Å². The Bertz CT molecular complexity index is 779. The van der Waals surface area contributed by atoms with Crippen LogP contribution in [0.5, 0.6) is 11.5 Å². The van der Waals surface area contributed by atoms with E-state index in [9.17, 15) is 19.5 Å². The Morgan fingerprint density at radius 1 is 1.34 bits per heavy atom. The minimum absolute atomic E-state index is 0.0132. The van der Waals surface area contributed by atoms with Gasteiger partial charge in [-0.25, -0.2) is 4.79 Å². The van der Waals surface area contributed by atoms with Crippen molar-refractivity contribution in [1.82, 2.24) is 4.90 Å². The van der Waals surface area contributed by atoms with Crippen molar-refractivity contribution >= 4 is 28.8 Å². The first-order valence-electron chi connectivity index (χ1n) is 9.81. The number of benzene rings is 1. The van der Waals surface area contributed by atoms with Crippen molar-refractivity contribution < 1.29 is 29.0 Å². The molecule has 0 fully saturated rings. The Balaban J connectivity index is 2.31. The third-order valence-corrected chi connectivity index (χ3v) is 5.95. The number of carboxylic acid groups (broad SMARTS) is 1. The lowest BCUT2D eigenvalue weighted by molar-refractivity contribution is -0.135. The predicted molar refractivity (Wildman–Crippen MR) is 112 cm³/mol. The first kappa shape index (κ1) is 23.1. The van der Waals surface area contributed by atoms with Gasteiger partial charge in [0.05, 0.1) is 13.7 Å². The second-order valence-electron chi connectivity index (χ2n) is 7.14. The van der Waals surface area contributed by atoms with Crippen LogP contribution in [-0.2, 0) is 22.6 Å². The molecule has 1 heterocycles. The van der Waals surface area contributed by atoms with Crippen LogP contribution in [0.3, 0.4) is 0 Å². The molecule has 1 unspecified atom stereocenters. The van der Waals surface area contributed by atoms with Crippen molar-refractivity contribution in [3.05, 3.63) is 22.8 Å². The lowest BCUT2D eigenvalue weighted by atomic mass is 9.92. The van der Waals surface area contributed by atoms with Crippen molar-refractivity contribution in [1.29, 1.82) is 0 Å². The maximum Gasteiger partial charge on any atom is 0.339 e. The minimum atomic E-state index is -1.06. The molecule has 2 rings (SSSR count). The number of unbranched alkanes of at least 4 members (excludes halogenated alkanes) is 1. The summed E-state index contributed by atoms with van der Waals surface area (Å²) in [6.07, 6.45) is 2.23. The largest absolute Gasteiger partial charge is 0.492 e. The Morgan fingerprint density at radius 3 is 2.66 bits per heavy atom. The van der Waals surface area contributed by atoms with E-state index >= 15 is 0 Å². The number of ether oxygens (including phenoxy) is 2. The molecule has 1 amide bonds. The van der Waals surface area contributed by atoms with Gasteiger partial charge in [-0.2, -0.15) is 0 Å². The van der Waals surface area contributed by atoms with Crippen LogP contribution in [0.15, 0.2) is 6.07 Å². The molecular weight excluding hydrogens is 394 g/mol. The molecule has 1 aromatic carbocycles. The van der Waals surface area contributed by atoms with Gasteiger partial charge in [0.15, 0.2) is 16.6 Å². The van der Waals surface area contributed by atoms with Gasteiger partial charge in [-0.05, 0) is 30.0 Å². The van der Waals surface area contributed by atoms with Crippen LogP contribution in [0, 0.1) is 5.92 Å².